The molecule has 1 aliphatic rings. The first-order valence-electron chi connectivity index (χ1n) is 8.94. The summed E-state index contributed by atoms with van der Waals surface area (Å²) >= 11 is 0. The number of aryl methyl sites for hydroxylation is 1. The molecule has 4 rings (SSSR count). The van der Waals surface area contributed by atoms with Gasteiger partial charge in [0.2, 0.25) is 0 Å². The molecule has 0 saturated heterocycles. The topological polar surface area (TPSA) is 101 Å². The smallest absolute Gasteiger partial charge is 0.319 e. The third-order valence-electron chi connectivity index (χ3n) is 4.39. The number of rotatable bonds is 5. The van der Waals surface area contributed by atoms with Crippen molar-refractivity contribution in [3.8, 4) is 0 Å². The Morgan fingerprint density at radius 1 is 1.07 bits per heavy atom. The quantitative estimate of drug-likeness (QED) is 0.648. The number of carbonyl (C=O) groups excluding carboxylic acids is 2. The van der Waals surface area contributed by atoms with Crippen LogP contribution < -0.4 is 16.0 Å². The van der Waals surface area contributed by atoms with Crippen molar-refractivity contribution in [3.05, 3.63) is 48.0 Å². The van der Waals surface area contributed by atoms with Gasteiger partial charge in [-0.1, -0.05) is 5.21 Å². The Balaban J connectivity index is 1.40. The molecule has 1 heterocycles. The number of anilines is 2. The Bertz CT molecular complexity index is 991. The zero-order chi connectivity index (χ0) is 18.8. The van der Waals surface area contributed by atoms with Crippen LogP contribution in [-0.2, 0) is 6.54 Å². The van der Waals surface area contributed by atoms with E-state index < -0.39 is 0 Å². The second-order valence-corrected chi connectivity index (χ2v) is 6.51. The van der Waals surface area contributed by atoms with Crippen LogP contribution in [0.4, 0.5) is 16.2 Å². The van der Waals surface area contributed by atoms with Crippen molar-refractivity contribution in [3.63, 3.8) is 0 Å². The molecule has 8 nitrogen and oxygen atoms in total. The van der Waals surface area contributed by atoms with Gasteiger partial charge in [-0.15, -0.1) is 5.10 Å². The molecule has 0 atom stereocenters. The summed E-state index contributed by atoms with van der Waals surface area (Å²) in [6.07, 6.45) is 2.08. The molecule has 3 N–H and O–H groups in total. The Kier molecular flexibility index (Phi) is 4.45. The summed E-state index contributed by atoms with van der Waals surface area (Å²) in [6.45, 7) is 2.71. The van der Waals surface area contributed by atoms with E-state index in [-0.39, 0.29) is 11.9 Å². The van der Waals surface area contributed by atoms with Crippen LogP contribution in [0.15, 0.2) is 42.5 Å². The molecule has 1 aliphatic carbocycles. The fraction of sp³-hybridized carbons (Fsp3) is 0.263. The van der Waals surface area contributed by atoms with Crippen LogP contribution in [0.25, 0.3) is 11.0 Å². The maximum Gasteiger partial charge on any atom is 0.319 e. The summed E-state index contributed by atoms with van der Waals surface area (Å²) in [7, 11) is 0. The van der Waals surface area contributed by atoms with Crippen molar-refractivity contribution in [1.82, 2.24) is 20.3 Å². The molecule has 0 aliphatic heterocycles. The van der Waals surface area contributed by atoms with Gasteiger partial charge in [-0.25, -0.2) is 9.48 Å². The van der Waals surface area contributed by atoms with Crippen LogP contribution in [0.3, 0.4) is 0 Å². The van der Waals surface area contributed by atoms with Crippen LogP contribution in [0.1, 0.15) is 30.1 Å². The Hall–Kier alpha value is -3.42. The molecule has 1 aromatic heterocycles. The second kappa shape index (κ2) is 7.06. The highest BCUT2D eigenvalue weighted by Gasteiger charge is 2.23. The average molecular weight is 364 g/mol. The molecular formula is C19H20N6O2. The summed E-state index contributed by atoms with van der Waals surface area (Å²) in [5.41, 5.74) is 3.41. The van der Waals surface area contributed by atoms with Gasteiger partial charge < -0.3 is 16.0 Å². The summed E-state index contributed by atoms with van der Waals surface area (Å²) in [5, 5.41) is 16.6. The number of nitrogens with zero attached hydrogens (tertiary/aromatic N) is 3. The van der Waals surface area contributed by atoms with Gasteiger partial charge in [0, 0.05) is 29.5 Å². The number of hydrogen-bond acceptors (Lipinski definition) is 4. The fourth-order valence-corrected chi connectivity index (χ4v) is 2.77. The average Bonchev–Trinajstić information content (AvgIpc) is 3.38. The number of aromatic nitrogens is 3. The lowest BCUT2D eigenvalue weighted by Gasteiger charge is -2.09. The van der Waals surface area contributed by atoms with Gasteiger partial charge in [0.25, 0.3) is 5.91 Å². The maximum absolute atomic E-state index is 12.5. The number of nitrogens with one attached hydrogen (secondary N) is 3. The lowest BCUT2D eigenvalue weighted by atomic mass is 10.1. The minimum Gasteiger partial charge on any atom is -0.335 e. The first-order chi connectivity index (χ1) is 13.1. The van der Waals surface area contributed by atoms with Gasteiger partial charge >= 0.3 is 6.03 Å². The standard InChI is InChI=1S/C19H20N6O2/c1-2-25-17-10-3-12(11-16(17)23-24-25)18(26)20-13-4-6-14(7-5-13)21-19(27)22-15-8-9-15/h3-7,10-11,15H,2,8-9H2,1H3,(H,20,26)(H2,21,22,27). The Morgan fingerprint density at radius 2 is 1.78 bits per heavy atom. The zero-order valence-electron chi connectivity index (χ0n) is 14.9. The third kappa shape index (κ3) is 3.89. The molecule has 0 radical (unpaired) electrons. The normalized spacial score (nSPS) is 13.4. The van der Waals surface area contributed by atoms with Gasteiger partial charge in [0.1, 0.15) is 5.52 Å². The summed E-state index contributed by atoms with van der Waals surface area (Å²) in [5.74, 6) is -0.227. The van der Waals surface area contributed by atoms with E-state index in [0.29, 0.717) is 28.5 Å². The summed E-state index contributed by atoms with van der Waals surface area (Å²) < 4.78 is 1.78. The molecule has 0 spiro atoms. The first-order valence-corrected chi connectivity index (χ1v) is 8.94. The molecular weight excluding hydrogens is 344 g/mol. The predicted octanol–water partition coefficient (Wildman–Crippen LogP) is 2.99. The van der Waals surface area contributed by atoms with Gasteiger partial charge in [-0.05, 0) is 62.2 Å². The number of amides is 3. The van der Waals surface area contributed by atoms with E-state index >= 15 is 0 Å². The predicted molar refractivity (Wildman–Crippen MR) is 103 cm³/mol. The van der Waals surface area contributed by atoms with Crippen molar-refractivity contribution in [2.24, 2.45) is 0 Å². The monoisotopic (exact) mass is 364 g/mol. The molecule has 138 valence electrons. The molecule has 3 aromatic rings. The number of carbonyl (C=O) groups is 2. The zero-order valence-corrected chi connectivity index (χ0v) is 14.9. The number of fused-ring (bicyclic) bond motifs is 1. The molecule has 1 fully saturated rings. The summed E-state index contributed by atoms with van der Waals surface area (Å²) in [4.78, 5) is 24.2. The minimum atomic E-state index is -0.227. The molecule has 3 amide bonds. The Morgan fingerprint density at radius 3 is 2.44 bits per heavy atom. The lowest BCUT2D eigenvalue weighted by Crippen LogP contribution is -2.30. The van der Waals surface area contributed by atoms with Crippen LogP contribution in [0, 0.1) is 0 Å². The molecule has 0 bridgehead atoms. The lowest BCUT2D eigenvalue weighted by molar-refractivity contribution is 0.102. The Labute approximate surface area is 155 Å². The molecule has 2 aromatic carbocycles. The highest BCUT2D eigenvalue weighted by Crippen LogP contribution is 2.20. The summed E-state index contributed by atoms with van der Waals surface area (Å²) in [6, 6.07) is 12.4. The van der Waals surface area contributed by atoms with Crippen molar-refractivity contribution in [2.45, 2.75) is 32.4 Å². The van der Waals surface area contributed by atoms with Crippen LogP contribution in [-0.4, -0.2) is 33.0 Å². The molecule has 1 saturated carbocycles. The van der Waals surface area contributed by atoms with E-state index in [1.54, 1.807) is 41.1 Å². The van der Waals surface area contributed by atoms with Crippen molar-refractivity contribution in [2.75, 3.05) is 10.6 Å². The van der Waals surface area contributed by atoms with Gasteiger partial charge in [0.15, 0.2) is 0 Å². The van der Waals surface area contributed by atoms with E-state index in [4.69, 9.17) is 0 Å². The fourth-order valence-electron chi connectivity index (χ4n) is 2.77. The third-order valence-corrected chi connectivity index (χ3v) is 4.39. The number of benzene rings is 2. The van der Waals surface area contributed by atoms with E-state index in [1.807, 2.05) is 13.0 Å². The molecule has 0 unspecified atom stereocenters. The van der Waals surface area contributed by atoms with Crippen LogP contribution >= 0.6 is 0 Å². The van der Waals surface area contributed by atoms with E-state index in [2.05, 4.69) is 26.3 Å². The van der Waals surface area contributed by atoms with Crippen molar-refractivity contribution in [1.29, 1.82) is 0 Å². The van der Waals surface area contributed by atoms with Gasteiger partial charge in [-0.3, -0.25) is 4.79 Å². The highest BCUT2D eigenvalue weighted by molar-refractivity contribution is 6.06. The molecule has 8 heteroatoms. The van der Waals surface area contributed by atoms with Crippen LogP contribution in [0.5, 0.6) is 0 Å². The van der Waals surface area contributed by atoms with E-state index in [1.165, 1.54) is 0 Å². The first kappa shape index (κ1) is 17.0. The van der Waals surface area contributed by atoms with Crippen LogP contribution in [0.2, 0.25) is 0 Å². The molecule has 27 heavy (non-hydrogen) atoms. The minimum absolute atomic E-state index is 0.206. The highest BCUT2D eigenvalue weighted by atomic mass is 16.2. The van der Waals surface area contributed by atoms with E-state index in [0.717, 1.165) is 24.9 Å². The number of urea groups is 1. The maximum atomic E-state index is 12.5. The SMILES string of the molecule is CCn1nnc2cc(C(=O)Nc3ccc(NC(=O)NC4CC4)cc3)ccc21. The van der Waals surface area contributed by atoms with Gasteiger partial charge in [-0.2, -0.15) is 0 Å². The largest absolute Gasteiger partial charge is 0.335 e. The van der Waals surface area contributed by atoms with Crippen molar-refractivity contribution < 1.29 is 9.59 Å². The second-order valence-electron chi connectivity index (χ2n) is 6.51. The number of hydrogen-bond donors (Lipinski definition) is 3. The van der Waals surface area contributed by atoms with E-state index in [9.17, 15) is 9.59 Å². The van der Waals surface area contributed by atoms with Crippen molar-refractivity contribution >= 4 is 34.3 Å². The van der Waals surface area contributed by atoms with Gasteiger partial charge in [0.05, 0.1) is 5.52 Å².